The fourth-order valence-corrected chi connectivity index (χ4v) is 0.628. The third-order valence-corrected chi connectivity index (χ3v) is 1.58. The summed E-state index contributed by atoms with van der Waals surface area (Å²) in [4.78, 5) is 31.0. The first-order chi connectivity index (χ1) is 9.28. The van der Waals surface area contributed by atoms with Crippen LogP contribution in [-0.2, 0) is 23.9 Å². The van der Waals surface area contributed by atoms with Crippen LogP contribution in [0.3, 0.4) is 0 Å². The van der Waals surface area contributed by atoms with Gasteiger partial charge < -0.3 is 19.7 Å². The zero-order valence-electron chi connectivity index (χ0n) is 11.2. The van der Waals surface area contributed by atoms with Crippen LogP contribution in [0.5, 0.6) is 0 Å². The zero-order chi connectivity index (χ0) is 16.1. The summed E-state index contributed by atoms with van der Waals surface area (Å²) < 4.78 is 9.36. The Balaban J connectivity index is 0. The van der Waals surface area contributed by atoms with Crippen molar-refractivity contribution in [2.75, 3.05) is 13.2 Å². The first-order valence-corrected chi connectivity index (χ1v) is 5.40. The molecule has 0 aromatic heterocycles. The van der Waals surface area contributed by atoms with Crippen LogP contribution in [0.2, 0.25) is 0 Å². The molecule has 0 bridgehead atoms. The molecule has 112 valence electrons. The van der Waals surface area contributed by atoms with Gasteiger partial charge in [-0.05, 0) is 6.92 Å². The van der Waals surface area contributed by atoms with Crippen LogP contribution >= 0.6 is 0 Å². The molecule has 0 aromatic carbocycles. The Morgan fingerprint density at radius 1 is 1.25 bits per heavy atom. The van der Waals surface area contributed by atoms with Crippen molar-refractivity contribution in [2.24, 2.45) is 0 Å². The van der Waals surface area contributed by atoms with Crippen LogP contribution in [0.1, 0.15) is 6.92 Å². The van der Waals surface area contributed by atoms with Crippen molar-refractivity contribution in [1.29, 1.82) is 0 Å². The van der Waals surface area contributed by atoms with Gasteiger partial charge in [0.1, 0.15) is 6.61 Å². The van der Waals surface area contributed by atoms with Gasteiger partial charge in [0.15, 0.2) is 6.10 Å². The predicted octanol–water partition coefficient (Wildman–Crippen LogP) is 0.453. The van der Waals surface area contributed by atoms with E-state index in [0.29, 0.717) is 0 Å². The normalized spacial score (nSPS) is 10.1. The van der Waals surface area contributed by atoms with Crippen LogP contribution < -0.4 is 0 Å². The number of carbonyl (C=O) groups is 3. The number of carboxylic acids is 1. The minimum absolute atomic E-state index is 0.207. The maximum absolute atomic E-state index is 11.0. The number of hydrogen-bond donors (Lipinski definition) is 2. The summed E-state index contributed by atoms with van der Waals surface area (Å²) in [7, 11) is 0. The first-order valence-electron chi connectivity index (χ1n) is 5.40. The SMILES string of the molecule is C=CC(=O)O.C=CC(=O)OC(CO)COC(=O)C(=C)C. The van der Waals surface area contributed by atoms with Gasteiger partial charge in [-0.1, -0.05) is 19.7 Å². The van der Waals surface area contributed by atoms with E-state index in [9.17, 15) is 14.4 Å². The van der Waals surface area contributed by atoms with Gasteiger partial charge >= 0.3 is 17.9 Å². The Morgan fingerprint density at radius 3 is 2.05 bits per heavy atom. The molecule has 7 nitrogen and oxygen atoms in total. The minimum atomic E-state index is -0.981. The summed E-state index contributed by atoms with van der Waals surface area (Å²) in [5.74, 6) is -2.26. The molecule has 7 heteroatoms. The van der Waals surface area contributed by atoms with Gasteiger partial charge in [0.25, 0.3) is 0 Å². The minimum Gasteiger partial charge on any atom is -0.478 e. The fourth-order valence-electron chi connectivity index (χ4n) is 0.628. The summed E-state index contributed by atoms with van der Waals surface area (Å²) in [6.07, 6.45) is 0.919. The lowest BCUT2D eigenvalue weighted by atomic mass is 10.3. The molecule has 0 aliphatic carbocycles. The highest BCUT2D eigenvalue weighted by atomic mass is 16.6. The number of aliphatic hydroxyl groups excluding tert-OH is 1. The van der Waals surface area contributed by atoms with Crippen molar-refractivity contribution in [3.05, 3.63) is 37.5 Å². The molecule has 1 atom stereocenters. The topological polar surface area (TPSA) is 110 Å². The van der Waals surface area contributed by atoms with Gasteiger partial charge in [-0.25, -0.2) is 14.4 Å². The molecule has 0 fully saturated rings. The van der Waals surface area contributed by atoms with Crippen molar-refractivity contribution < 1.29 is 34.1 Å². The molecular weight excluding hydrogens is 268 g/mol. The number of carbonyl (C=O) groups excluding carboxylic acids is 2. The Kier molecular flexibility index (Phi) is 11.6. The Labute approximate surface area is 116 Å². The second-order valence-electron chi connectivity index (χ2n) is 3.37. The van der Waals surface area contributed by atoms with Gasteiger partial charge in [-0.2, -0.15) is 0 Å². The number of aliphatic carboxylic acids is 1. The van der Waals surface area contributed by atoms with E-state index >= 15 is 0 Å². The van der Waals surface area contributed by atoms with Gasteiger partial charge in [0.05, 0.1) is 6.61 Å². The predicted molar refractivity (Wildman–Crippen MR) is 70.8 cm³/mol. The maximum atomic E-state index is 11.0. The molecule has 0 amide bonds. The molecule has 0 aliphatic rings. The van der Waals surface area contributed by atoms with E-state index in [4.69, 9.17) is 14.9 Å². The van der Waals surface area contributed by atoms with Gasteiger partial charge in [0.2, 0.25) is 0 Å². The van der Waals surface area contributed by atoms with E-state index in [1.54, 1.807) is 0 Å². The molecule has 0 radical (unpaired) electrons. The number of carboxylic acid groups (broad SMARTS) is 1. The highest BCUT2D eigenvalue weighted by Crippen LogP contribution is 1.98. The lowest BCUT2D eigenvalue weighted by Crippen LogP contribution is -2.27. The van der Waals surface area contributed by atoms with E-state index < -0.39 is 30.6 Å². The largest absolute Gasteiger partial charge is 0.478 e. The van der Waals surface area contributed by atoms with Crippen molar-refractivity contribution in [3.63, 3.8) is 0 Å². The van der Waals surface area contributed by atoms with E-state index in [-0.39, 0.29) is 12.2 Å². The quantitative estimate of drug-likeness (QED) is 0.516. The number of rotatable bonds is 7. The molecule has 2 N–H and O–H groups in total. The molecule has 0 heterocycles. The number of hydrogen-bond acceptors (Lipinski definition) is 6. The molecule has 1 unspecified atom stereocenters. The van der Waals surface area contributed by atoms with Crippen LogP contribution in [-0.4, -0.2) is 47.4 Å². The van der Waals surface area contributed by atoms with E-state index in [1.165, 1.54) is 6.92 Å². The Hall–Kier alpha value is -2.41. The summed E-state index contributed by atoms with van der Waals surface area (Å²) in [5.41, 5.74) is 0.238. The van der Waals surface area contributed by atoms with E-state index in [1.807, 2.05) is 0 Å². The van der Waals surface area contributed by atoms with Crippen LogP contribution in [0.15, 0.2) is 37.5 Å². The molecule has 20 heavy (non-hydrogen) atoms. The summed E-state index contributed by atoms with van der Waals surface area (Å²) in [6.45, 7) is 10.4. The van der Waals surface area contributed by atoms with E-state index in [0.717, 1.165) is 12.2 Å². The first kappa shape index (κ1) is 19.9. The monoisotopic (exact) mass is 286 g/mol. The standard InChI is InChI=1S/C10H14O5.C3H4O2/c1-4-9(12)15-8(5-11)6-14-10(13)7(2)3;1-2-3(4)5/h4,8,11H,1-2,5-6H2,3H3;2H,1H2,(H,4,5). The third-order valence-electron chi connectivity index (χ3n) is 1.58. The van der Waals surface area contributed by atoms with Gasteiger partial charge in [0, 0.05) is 17.7 Å². The Morgan fingerprint density at radius 2 is 1.75 bits per heavy atom. The lowest BCUT2D eigenvalue weighted by Gasteiger charge is -2.14. The molecule has 0 spiro atoms. The highest BCUT2D eigenvalue weighted by Gasteiger charge is 2.14. The second kappa shape index (κ2) is 11.7. The van der Waals surface area contributed by atoms with Crippen molar-refractivity contribution in [3.8, 4) is 0 Å². The van der Waals surface area contributed by atoms with Crippen molar-refractivity contribution >= 4 is 17.9 Å². The van der Waals surface area contributed by atoms with Crippen LogP contribution in [0.25, 0.3) is 0 Å². The third kappa shape index (κ3) is 12.1. The number of ether oxygens (including phenoxy) is 2. The smallest absolute Gasteiger partial charge is 0.333 e. The number of aliphatic hydroxyl groups is 1. The summed E-state index contributed by atoms with van der Waals surface area (Å²) in [6, 6.07) is 0. The van der Waals surface area contributed by atoms with E-state index in [2.05, 4.69) is 24.5 Å². The molecule has 0 aromatic rings. The lowest BCUT2D eigenvalue weighted by molar-refractivity contribution is -0.155. The molecule has 0 aliphatic heterocycles. The summed E-state index contributed by atoms with van der Waals surface area (Å²) in [5, 5.41) is 16.4. The average molecular weight is 286 g/mol. The number of esters is 2. The Bertz CT molecular complexity index is 384. The van der Waals surface area contributed by atoms with Crippen molar-refractivity contribution in [2.45, 2.75) is 13.0 Å². The molecule has 0 rings (SSSR count). The fraction of sp³-hybridized carbons (Fsp3) is 0.308. The van der Waals surface area contributed by atoms with Gasteiger partial charge in [-0.3, -0.25) is 0 Å². The average Bonchev–Trinajstić information content (AvgIpc) is 2.42. The summed E-state index contributed by atoms with van der Waals surface area (Å²) >= 11 is 0. The van der Waals surface area contributed by atoms with Gasteiger partial charge in [-0.15, -0.1) is 0 Å². The maximum Gasteiger partial charge on any atom is 0.333 e. The van der Waals surface area contributed by atoms with Crippen molar-refractivity contribution in [1.82, 2.24) is 0 Å². The molecule has 0 saturated carbocycles. The molecular formula is C13H18O7. The van der Waals surface area contributed by atoms with Crippen LogP contribution in [0.4, 0.5) is 0 Å². The second-order valence-corrected chi connectivity index (χ2v) is 3.37. The van der Waals surface area contributed by atoms with Crippen LogP contribution in [0, 0.1) is 0 Å². The highest BCUT2D eigenvalue weighted by molar-refractivity contribution is 5.87. The zero-order valence-corrected chi connectivity index (χ0v) is 11.2. The molecule has 0 saturated heterocycles.